The summed E-state index contributed by atoms with van der Waals surface area (Å²) in [6.45, 7) is 3.34. The summed E-state index contributed by atoms with van der Waals surface area (Å²) in [5, 5.41) is 11.5. The third kappa shape index (κ3) is 3.59. The summed E-state index contributed by atoms with van der Waals surface area (Å²) < 4.78 is 10.3. The molecule has 0 aromatic heterocycles. The van der Waals surface area contributed by atoms with Crippen LogP contribution in [0.3, 0.4) is 0 Å². The molecule has 2 N–H and O–H groups in total. The van der Waals surface area contributed by atoms with Gasteiger partial charge in [0, 0.05) is 17.3 Å². The Hall–Kier alpha value is -0.910. The molecule has 0 aliphatic heterocycles. The predicted octanol–water partition coefficient (Wildman–Crippen LogP) is 0.124. The van der Waals surface area contributed by atoms with Crippen LogP contribution in [0, 0.1) is 5.92 Å². The van der Waals surface area contributed by atoms with Gasteiger partial charge in [-0.25, -0.2) is 0 Å². The Balaban J connectivity index is 2.37. The van der Waals surface area contributed by atoms with E-state index in [2.05, 4.69) is 5.32 Å². The van der Waals surface area contributed by atoms with Gasteiger partial charge in [-0.05, 0) is 32.6 Å². The average Bonchev–Trinajstić information content (AvgIpc) is 2.97. The van der Waals surface area contributed by atoms with Crippen LogP contribution in [0.5, 0.6) is 0 Å². The molecular formula is C10H17NO4S. The van der Waals surface area contributed by atoms with Gasteiger partial charge in [0.25, 0.3) is 0 Å². The quantitative estimate of drug-likeness (QED) is 0.698. The highest BCUT2D eigenvalue weighted by Gasteiger charge is 2.35. The summed E-state index contributed by atoms with van der Waals surface area (Å²) in [5.74, 6) is -1.17. The molecule has 1 amide bonds. The maximum atomic E-state index is 11.6. The van der Waals surface area contributed by atoms with Crippen molar-refractivity contribution in [3.05, 3.63) is 0 Å². The van der Waals surface area contributed by atoms with Crippen molar-refractivity contribution in [1.82, 2.24) is 5.32 Å². The molecule has 1 rings (SSSR count). The first-order chi connectivity index (χ1) is 7.34. The lowest BCUT2D eigenvalue weighted by Crippen LogP contribution is -2.41. The van der Waals surface area contributed by atoms with Crippen LogP contribution in [-0.4, -0.2) is 38.2 Å². The topological polar surface area (TPSA) is 83.5 Å². The van der Waals surface area contributed by atoms with E-state index in [-0.39, 0.29) is 11.7 Å². The number of amides is 1. The lowest BCUT2D eigenvalue weighted by molar-refractivity contribution is -0.139. The van der Waals surface area contributed by atoms with Crippen LogP contribution in [0.4, 0.5) is 0 Å². The van der Waals surface area contributed by atoms with Crippen molar-refractivity contribution in [3.63, 3.8) is 0 Å². The lowest BCUT2D eigenvalue weighted by atomic mass is 10.2. The van der Waals surface area contributed by atoms with Crippen molar-refractivity contribution in [1.29, 1.82) is 0 Å². The number of aliphatic carboxylic acids is 1. The molecule has 0 bridgehead atoms. The first-order valence-electron chi connectivity index (χ1n) is 5.22. The number of carboxylic acid groups (broad SMARTS) is 1. The Kier molecular flexibility index (Phi) is 4.07. The van der Waals surface area contributed by atoms with Crippen LogP contribution in [-0.2, 0) is 20.4 Å². The molecule has 92 valence electrons. The molecule has 1 atom stereocenters. The summed E-state index contributed by atoms with van der Waals surface area (Å²) in [5.41, 5.74) is 0. The Morgan fingerprint density at radius 1 is 1.44 bits per heavy atom. The molecule has 0 spiro atoms. The van der Waals surface area contributed by atoms with Gasteiger partial charge in [-0.1, -0.05) is 0 Å². The van der Waals surface area contributed by atoms with Gasteiger partial charge in [-0.2, -0.15) is 0 Å². The predicted molar refractivity (Wildman–Crippen MR) is 60.5 cm³/mol. The van der Waals surface area contributed by atoms with Gasteiger partial charge in [0.05, 0.1) is 0 Å². The molecule has 0 heterocycles. The second kappa shape index (κ2) is 4.95. The number of carboxylic acids is 1. The molecule has 5 nitrogen and oxygen atoms in total. The minimum atomic E-state index is -1.70. The van der Waals surface area contributed by atoms with E-state index in [1.54, 1.807) is 0 Å². The van der Waals surface area contributed by atoms with Gasteiger partial charge in [-0.15, -0.1) is 0 Å². The Bertz CT molecular complexity index is 323. The molecule has 1 saturated carbocycles. The molecule has 1 aliphatic rings. The number of carbonyl (C=O) groups excluding carboxylic acids is 1. The molecule has 1 unspecified atom stereocenters. The summed E-state index contributed by atoms with van der Waals surface area (Å²) in [7, 11) is -1.70. The second-order valence-corrected chi connectivity index (χ2v) is 6.55. The molecule has 0 saturated heterocycles. The van der Waals surface area contributed by atoms with E-state index in [0.29, 0.717) is 12.5 Å². The average molecular weight is 247 g/mol. The van der Waals surface area contributed by atoms with E-state index in [1.165, 1.54) is 13.8 Å². The SMILES string of the molecule is CC(C)(C(=O)O)S(=O)CC(=O)NCC1CC1. The van der Waals surface area contributed by atoms with Crippen molar-refractivity contribution in [2.24, 2.45) is 5.92 Å². The molecule has 0 radical (unpaired) electrons. The number of nitrogens with one attached hydrogen (secondary N) is 1. The second-order valence-electron chi connectivity index (χ2n) is 4.55. The van der Waals surface area contributed by atoms with Gasteiger partial charge in [-0.3, -0.25) is 13.8 Å². The molecule has 1 fully saturated rings. The van der Waals surface area contributed by atoms with Crippen LogP contribution in [0.15, 0.2) is 0 Å². The largest absolute Gasteiger partial charge is 0.480 e. The van der Waals surface area contributed by atoms with E-state index >= 15 is 0 Å². The highest BCUT2D eigenvalue weighted by atomic mass is 32.2. The maximum absolute atomic E-state index is 11.6. The molecule has 0 aromatic carbocycles. The third-order valence-electron chi connectivity index (χ3n) is 2.63. The van der Waals surface area contributed by atoms with Gasteiger partial charge in [0.1, 0.15) is 10.5 Å². The van der Waals surface area contributed by atoms with Crippen LogP contribution >= 0.6 is 0 Å². The smallest absolute Gasteiger partial charge is 0.321 e. The zero-order chi connectivity index (χ0) is 12.3. The third-order valence-corrected chi connectivity index (χ3v) is 4.47. The van der Waals surface area contributed by atoms with E-state index in [0.717, 1.165) is 12.8 Å². The lowest BCUT2D eigenvalue weighted by Gasteiger charge is -2.17. The minimum absolute atomic E-state index is 0.244. The first kappa shape index (κ1) is 13.2. The number of carbonyl (C=O) groups is 2. The highest BCUT2D eigenvalue weighted by molar-refractivity contribution is 7.87. The number of hydrogen-bond donors (Lipinski definition) is 2. The Morgan fingerprint density at radius 3 is 2.44 bits per heavy atom. The van der Waals surface area contributed by atoms with Crippen LogP contribution in [0.25, 0.3) is 0 Å². The molecule has 6 heteroatoms. The van der Waals surface area contributed by atoms with Crippen molar-refractivity contribution >= 4 is 22.7 Å². The molecule has 16 heavy (non-hydrogen) atoms. The van der Waals surface area contributed by atoms with E-state index in [4.69, 9.17) is 5.11 Å². The monoisotopic (exact) mass is 247 g/mol. The fourth-order valence-electron chi connectivity index (χ4n) is 1.03. The normalized spacial score (nSPS) is 17.9. The van der Waals surface area contributed by atoms with Gasteiger partial charge >= 0.3 is 5.97 Å². The highest BCUT2D eigenvalue weighted by Crippen LogP contribution is 2.27. The van der Waals surface area contributed by atoms with Crippen LogP contribution < -0.4 is 5.32 Å². The van der Waals surface area contributed by atoms with Gasteiger partial charge < -0.3 is 10.4 Å². The molecule has 1 aliphatic carbocycles. The van der Waals surface area contributed by atoms with E-state index in [1.807, 2.05) is 0 Å². The zero-order valence-corrected chi connectivity index (χ0v) is 10.3. The Labute approximate surface area is 97.1 Å². The summed E-state index contributed by atoms with van der Waals surface area (Å²) in [6, 6.07) is 0. The summed E-state index contributed by atoms with van der Waals surface area (Å²) >= 11 is 0. The van der Waals surface area contributed by atoms with Crippen LogP contribution in [0.2, 0.25) is 0 Å². The van der Waals surface area contributed by atoms with Crippen molar-refractivity contribution in [2.75, 3.05) is 12.3 Å². The van der Waals surface area contributed by atoms with Crippen molar-refractivity contribution < 1.29 is 18.9 Å². The summed E-state index contributed by atoms with van der Waals surface area (Å²) in [4.78, 5) is 22.2. The fourth-order valence-corrected chi connectivity index (χ4v) is 1.92. The molecule has 0 aromatic rings. The maximum Gasteiger partial charge on any atom is 0.321 e. The standard InChI is InChI=1S/C10H17NO4S/c1-10(2,9(13)14)16(15)6-8(12)11-5-7-3-4-7/h7H,3-6H2,1-2H3,(H,11,12)(H,13,14). The van der Waals surface area contributed by atoms with Gasteiger partial charge in [0.15, 0.2) is 0 Å². The number of rotatable bonds is 6. The van der Waals surface area contributed by atoms with Crippen molar-refractivity contribution in [2.45, 2.75) is 31.4 Å². The van der Waals surface area contributed by atoms with E-state index < -0.39 is 21.5 Å². The fraction of sp³-hybridized carbons (Fsp3) is 0.800. The van der Waals surface area contributed by atoms with Gasteiger partial charge in [0.2, 0.25) is 5.91 Å². The van der Waals surface area contributed by atoms with Crippen molar-refractivity contribution in [3.8, 4) is 0 Å². The Morgan fingerprint density at radius 2 is 2.00 bits per heavy atom. The van der Waals surface area contributed by atoms with E-state index in [9.17, 15) is 13.8 Å². The number of hydrogen-bond acceptors (Lipinski definition) is 3. The van der Waals surface area contributed by atoms with Crippen LogP contribution in [0.1, 0.15) is 26.7 Å². The molecular weight excluding hydrogens is 230 g/mol. The minimum Gasteiger partial charge on any atom is -0.480 e. The summed E-state index contributed by atoms with van der Waals surface area (Å²) in [6.07, 6.45) is 2.26. The zero-order valence-electron chi connectivity index (χ0n) is 9.49. The first-order valence-corrected chi connectivity index (χ1v) is 6.54.